The molecule has 0 fully saturated rings. The maximum absolute atomic E-state index is 12.9. The molecule has 4 unspecified atom stereocenters. The standard InChI is InChI=1S/C51H101N2O7P/c1-3-5-7-9-11-13-15-17-19-21-23-25-26-28-30-32-34-36-38-40-42-48(54)46-51(56)53-49(47-60-61(57,58)59-45-44-52)50(55)43-41-39-37-35-33-31-29-27-24-22-20-18-16-14-12-10-8-6-4-2/h26,28,41,43,48-50,54-55H,3-25,27,29-40,42,44-47,52H2,1-2H3,(H,53,56)(H,57,58)/b28-26-,43-41+. The summed E-state index contributed by atoms with van der Waals surface area (Å²) in [5, 5.41) is 24.2. The molecule has 0 spiro atoms. The highest BCUT2D eigenvalue weighted by Crippen LogP contribution is 2.43. The summed E-state index contributed by atoms with van der Waals surface area (Å²) in [6.45, 7) is 4.01. The third-order valence-corrected chi connectivity index (χ3v) is 12.8. The van der Waals surface area contributed by atoms with E-state index in [9.17, 15) is 24.5 Å². The van der Waals surface area contributed by atoms with Crippen LogP contribution in [0.1, 0.15) is 258 Å². The van der Waals surface area contributed by atoms with Crippen molar-refractivity contribution in [2.75, 3.05) is 19.8 Å². The Morgan fingerprint density at radius 3 is 1.31 bits per heavy atom. The Balaban J connectivity index is 4.19. The predicted octanol–water partition coefficient (Wildman–Crippen LogP) is 14.3. The van der Waals surface area contributed by atoms with Crippen LogP contribution in [0.2, 0.25) is 0 Å². The van der Waals surface area contributed by atoms with Crippen molar-refractivity contribution in [3.63, 3.8) is 0 Å². The van der Waals surface area contributed by atoms with E-state index in [1.807, 2.05) is 6.08 Å². The zero-order valence-electron chi connectivity index (χ0n) is 40.0. The van der Waals surface area contributed by atoms with E-state index in [0.717, 1.165) is 51.4 Å². The number of unbranched alkanes of at least 4 members (excludes halogenated alkanes) is 33. The smallest absolute Gasteiger partial charge is 0.393 e. The maximum Gasteiger partial charge on any atom is 0.472 e. The Morgan fingerprint density at radius 1 is 0.557 bits per heavy atom. The summed E-state index contributed by atoms with van der Waals surface area (Å²) in [6.07, 6.45) is 52.7. The third kappa shape index (κ3) is 45.3. The largest absolute Gasteiger partial charge is 0.472 e. The highest BCUT2D eigenvalue weighted by Gasteiger charge is 2.27. The van der Waals surface area contributed by atoms with E-state index in [2.05, 4.69) is 31.3 Å². The Morgan fingerprint density at radius 2 is 0.918 bits per heavy atom. The summed E-state index contributed by atoms with van der Waals surface area (Å²) >= 11 is 0. The van der Waals surface area contributed by atoms with Crippen molar-refractivity contribution in [2.24, 2.45) is 5.73 Å². The van der Waals surface area contributed by atoms with E-state index in [0.29, 0.717) is 6.42 Å². The van der Waals surface area contributed by atoms with Crippen LogP contribution in [0.15, 0.2) is 24.3 Å². The average Bonchev–Trinajstić information content (AvgIpc) is 3.24. The lowest BCUT2D eigenvalue weighted by Crippen LogP contribution is -2.46. The van der Waals surface area contributed by atoms with E-state index >= 15 is 0 Å². The summed E-state index contributed by atoms with van der Waals surface area (Å²) in [6, 6.07) is -0.984. The van der Waals surface area contributed by atoms with Crippen molar-refractivity contribution in [2.45, 2.75) is 276 Å². The van der Waals surface area contributed by atoms with Gasteiger partial charge < -0.3 is 26.2 Å². The molecule has 0 aromatic heterocycles. The SMILES string of the molecule is CCCCCCCCCCCCC/C=C\CCCCCCCC(O)CC(=O)NC(COP(=O)(O)OCCN)C(O)/C=C/CCCCCCCCCCCCCCCCCCC. The molecule has 362 valence electrons. The van der Waals surface area contributed by atoms with E-state index in [4.69, 9.17) is 14.8 Å². The van der Waals surface area contributed by atoms with Gasteiger partial charge in [-0.25, -0.2) is 4.57 Å². The summed E-state index contributed by atoms with van der Waals surface area (Å²) < 4.78 is 22.2. The first-order valence-electron chi connectivity index (χ1n) is 26.0. The Hall–Kier alpha value is -1.06. The number of aliphatic hydroxyl groups is 2. The molecule has 0 aromatic carbocycles. The normalized spacial score (nSPS) is 14.5. The molecule has 0 saturated carbocycles. The molecule has 9 nitrogen and oxygen atoms in total. The van der Waals surface area contributed by atoms with E-state index in [1.54, 1.807) is 6.08 Å². The highest BCUT2D eigenvalue weighted by molar-refractivity contribution is 7.47. The van der Waals surface area contributed by atoms with Gasteiger partial charge in [-0.15, -0.1) is 0 Å². The fraction of sp³-hybridized carbons (Fsp3) is 0.902. The molecule has 0 saturated heterocycles. The van der Waals surface area contributed by atoms with Crippen LogP contribution in [0.5, 0.6) is 0 Å². The van der Waals surface area contributed by atoms with Crippen LogP contribution in [-0.4, -0.2) is 59.0 Å². The molecule has 61 heavy (non-hydrogen) atoms. The van der Waals surface area contributed by atoms with E-state index in [-0.39, 0.29) is 19.6 Å². The molecular formula is C51H101N2O7P. The summed E-state index contributed by atoms with van der Waals surface area (Å²) in [7, 11) is -4.41. The first kappa shape index (κ1) is 59.9. The molecular weight excluding hydrogens is 784 g/mol. The maximum atomic E-state index is 12.9. The van der Waals surface area contributed by atoms with Gasteiger partial charge in [0.15, 0.2) is 0 Å². The molecule has 0 aliphatic rings. The lowest BCUT2D eigenvalue weighted by atomic mass is 10.0. The van der Waals surface area contributed by atoms with Gasteiger partial charge in [0.05, 0.1) is 37.9 Å². The second-order valence-electron chi connectivity index (χ2n) is 17.9. The number of carbonyl (C=O) groups excluding carboxylic acids is 1. The molecule has 0 aliphatic carbocycles. The molecule has 1 amide bonds. The van der Waals surface area contributed by atoms with Crippen molar-refractivity contribution in [1.82, 2.24) is 5.32 Å². The number of phosphoric ester groups is 1. The fourth-order valence-corrected chi connectivity index (χ4v) is 8.64. The molecule has 6 N–H and O–H groups in total. The van der Waals surface area contributed by atoms with Crippen molar-refractivity contribution >= 4 is 13.7 Å². The second-order valence-corrected chi connectivity index (χ2v) is 19.4. The summed E-state index contributed by atoms with van der Waals surface area (Å²) in [5.74, 6) is -0.447. The van der Waals surface area contributed by atoms with Crippen molar-refractivity contribution < 1.29 is 33.5 Å². The van der Waals surface area contributed by atoms with Gasteiger partial charge >= 0.3 is 7.82 Å². The number of allylic oxidation sites excluding steroid dienone is 3. The van der Waals surface area contributed by atoms with Gasteiger partial charge in [0.25, 0.3) is 0 Å². The molecule has 0 heterocycles. The molecule has 0 radical (unpaired) electrons. The quantitative estimate of drug-likeness (QED) is 0.0230. The average molecular weight is 885 g/mol. The number of phosphoric acid groups is 1. The van der Waals surface area contributed by atoms with Crippen LogP contribution < -0.4 is 11.1 Å². The van der Waals surface area contributed by atoms with Crippen LogP contribution in [-0.2, 0) is 18.4 Å². The van der Waals surface area contributed by atoms with Gasteiger partial charge in [-0.2, -0.15) is 0 Å². The number of hydrogen-bond donors (Lipinski definition) is 5. The number of nitrogens with two attached hydrogens (primary N) is 1. The molecule has 0 bridgehead atoms. The highest BCUT2D eigenvalue weighted by atomic mass is 31.2. The Labute approximate surface area is 377 Å². The van der Waals surface area contributed by atoms with Gasteiger partial charge in [-0.05, 0) is 44.9 Å². The van der Waals surface area contributed by atoms with E-state index < -0.39 is 38.6 Å². The van der Waals surface area contributed by atoms with Gasteiger partial charge in [-0.3, -0.25) is 13.8 Å². The number of hydrogen-bond acceptors (Lipinski definition) is 7. The topological polar surface area (TPSA) is 151 Å². The molecule has 0 aromatic rings. The summed E-state index contributed by atoms with van der Waals surface area (Å²) in [4.78, 5) is 22.9. The zero-order chi connectivity index (χ0) is 44.8. The number of aliphatic hydroxyl groups excluding tert-OH is 2. The van der Waals surface area contributed by atoms with Crippen molar-refractivity contribution in [3.05, 3.63) is 24.3 Å². The summed E-state index contributed by atoms with van der Waals surface area (Å²) in [5.41, 5.74) is 5.38. The van der Waals surface area contributed by atoms with Gasteiger partial charge in [0.2, 0.25) is 5.91 Å². The van der Waals surface area contributed by atoms with Gasteiger partial charge in [-0.1, -0.05) is 231 Å². The fourth-order valence-electron chi connectivity index (χ4n) is 7.88. The lowest BCUT2D eigenvalue weighted by Gasteiger charge is -2.24. The Kier molecular flexibility index (Phi) is 46.1. The monoisotopic (exact) mass is 885 g/mol. The zero-order valence-corrected chi connectivity index (χ0v) is 40.9. The molecule has 4 atom stereocenters. The van der Waals surface area contributed by atoms with E-state index in [1.165, 1.54) is 180 Å². The minimum Gasteiger partial charge on any atom is -0.393 e. The first-order valence-corrected chi connectivity index (χ1v) is 27.5. The second kappa shape index (κ2) is 46.9. The third-order valence-electron chi connectivity index (χ3n) is 11.8. The molecule has 10 heteroatoms. The number of amides is 1. The van der Waals surface area contributed by atoms with Crippen molar-refractivity contribution in [3.8, 4) is 0 Å². The van der Waals surface area contributed by atoms with Crippen LogP contribution in [0.4, 0.5) is 0 Å². The first-order chi connectivity index (χ1) is 29.8. The van der Waals surface area contributed by atoms with Crippen molar-refractivity contribution in [1.29, 1.82) is 0 Å². The molecule has 0 aliphatic heterocycles. The minimum atomic E-state index is -4.41. The van der Waals surface area contributed by atoms with Crippen LogP contribution in [0.25, 0.3) is 0 Å². The number of rotatable bonds is 49. The van der Waals surface area contributed by atoms with Crippen LogP contribution in [0, 0.1) is 0 Å². The van der Waals surface area contributed by atoms with Crippen LogP contribution >= 0.6 is 7.82 Å². The number of nitrogens with one attached hydrogen (secondary N) is 1. The number of carbonyl (C=O) groups is 1. The van der Waals surface area contributed by atoms with Gasteiger partial charge in [0, 0.05) is 6.54 Å². The minimum absolute atomic E-state index is 0.0492. The molecule has 0 rings (SSSR count). The Bertz CT molecular complexity index is 1030. The lowest BCUT2D eigenvalue weighted by molar-refractivity contribution is -0.124. The predicted molar refractivity (Wildman–Crippen MR) is 260 cm³/mol. The van der Waals surface area contributed by atoms with Crippen LogP contribution in [0.3, 0.4) is 0 Å². The van der Waals surface area contributed by atoms with Gasteiger partial charge in [0.1, 0.15) is 0 Å².